The summed E-state index contributed by atoms with van der Waals surface area (Å²) < 4.78 is 4.86. The van der Waals surface area contributed by atoms with Crippen molar-refractivity contribution in [1.82, 2.24) is 0 Å². The molecule has 0 unspecified atom stereocenters. The van der Waals surface area contributed by atoms with E-state index in [-0.39, 0.29) is 11.5 Å². The molecule has 0 bridgehead atoms. The molecule has 1 rings (SSSR count). The van der Waals surface area contributed by atoms with Crippen molar-refractivity contribution in [2.75, 3.05) is 13.7 Å². The van der Waals surface area contributed by atoms with Crippen LogP contribution < -0.4 is 0 Å². The van der Waals surface area contributed by atoms with Crippen molar-refractivity contribution >= 4 is 0 Å². The van der Waals surface area contributed by atoms with Gasteiger partial charge in [-0.15, -0.1) is 0 Å². The second kappa shape index (κ2) is 3.97. The van der Waals surface area contributed by atoms with Gasteiger partial charge in [0.2, 0.25) is 0 Å². The summed E-state index contributed by atoms with van der Waals surface area (Å²) in [5.41, 5.74) is 0.787. The minimum Gasteiger partial charge on any atom is -0.508 e. The second-order valence-corrected chi connectivity index (χ2v) is 2.56. The van der Waals surface area contributed by atoms with Gasteiger partial charge in [-0.2, -0.15) is 0 Å². The maximum atomic E-state index is 9.30. The topological polar surface area (TPSA) is 49.7 Å². The third-order valence-electron chi connectivity index (χ3n) is 1.64. The largest absolute Gasteiger partial charge is 0.508 e. The molecule has 0 saturated carbocycles. The van der Waals surface area contributed by atoms with Gasteiger partial charge in [0.15, 0.2) is 0 Å². The van der Waals surface area contributed by atoms with E-state index in [1.807, 2.05) is 0 Å². The molecular formula is C9H12O3. The van der Waals surface area contributed by atoms with E-state index in [4.69, 9.17) is 9.84 Å². The Labute approximate surface area is 71.2 Å². The highest BCUT2D eigenvalue weighted by atomic mass is 16.5. The van der Waals surface area contributed by atoms with Crippen LogP contribution in [0.4, 0.5) is 0 Å². The van der Waals surface area contributed by atoms with Crippen molar-refractivity contribution in [1.29, 1.82) is 0 Å². The number of ether oxygens (including phenoxy) is 1. The molecule has 66 valence electrons. The molecule has 1 aromatic rings. The Morgan fingerprint density at radius 3 is 2.67 bits per heavy atom. The third-order valence-corrected chi connectivity index (χ3v) is 1.64. The number of rotatable bonds is 3. The predicted octanol–water partition coefficient (Wildman–Crippen LogP) is 1.29. The Morgan fingerprint density at radius 2 is 2.08 bits per heavy atom. The number of phenols is 2. The fourth-order valence-corrected chi connectivity index (χ4v) is 0.976. The summed E-state index contributed by atoms with van der Waals surface area (Å²) in [4.78, 5) is 0. The highest BCUT2D eigenvalue weighted by molar-refractivity contribution is 5.38. The van der Waals surface area contributed by atoms with Gasteiger partial charge in [0.1, 0.15) is 11.5 Å². The van der Waals surface area contributed by atoms with E-state index < -0.39 is 0 Å². The van der Waals surface area contributed by atoms with E-state index in [2.05, 4.69) is 0 Å². The van der Waals surface area contributed by atoms with Gasteiger partial charge in [-0.25, -0.2) is 0 Å². The van der Waals surface area contributed by atoms with Gasteiger partial charge in [-0.05, 0) is 18.1 Å². The molecule has 1 aromatic carbocycles. The molecule has 0 spiro atoms. The van der Waals surface area contributed by atoms with Gasteiger partial charge in [0.25, 0.3) is 0 Å². The molecule has 0 heterocycles. The molecule has 3 heteroatoms. The van der Waals surface area contributed by atoms with E-state index in [0.717, 1.165) is 5.56 Å². The fraction of sp³-hybridized carbons (Fsp3) is 0.333. The van der Waals surface area contributed by atoms with Crippen LogP contribution >= 0.6 is 0 Å². The van der Waals surface area contributed by atoms with Crippen molar-refractivity contribution in [3.63, 3.8) is 0 Å². The van der Waals surface area contributed by atoms with Crippen molar-refractivity contribution in [2.45, 2.75) is 6.42 Å². The summed E-state index contributed by atoms with van der Waals surface area (Å²) >= 11 is 0. The van der Waals surface area contributed by atoms with Crippen LogP contribution in [0.2, 0.25) is 0 Å². The van der Waals surface area contributed by atoms with E-state index in [0.29, 0.717) is 13.0 Å². The lowest BCUT2D eigenvalue weighted by Gasteiger charge is -2.03. The first-order valence-electron chi connectivity index (χ1n) is 3.74. The van der Waals surface area contributed by atoms with Crippen LogP contribution in [0, 0.1) is 0 Å². The Hall–Kier alpha value is -1.22. The summed E-state index contributed by atoms with van der Waals surface area (Å²) in [6.45, 7) is 0.568. The summed E-state index contributed by atoms with van der Waals surface area (Å²) in [6, 6.07) is 4.55. The SMILES string of the molecule is COCCc1ccc(O)cc1O. The van der Waals surface area contributed by atoms with Crippen LogP contribution in [0.15, 0.2) is 18.2 Å². The maximum Gasteiger partial charge on any atom is 0.122 e. The molecule has 0 aliphatic carbocycles. The molecule has 0 radical (unpaired) electrons. The van der Waals surface area contributed by atoms with Crippen LogP contribution in [0.1, 0.15) is 5.56 Å². The Kier molecular flexibility index (Phi) is 2.94. The number of phenolic OH excluding ortho intramolecular Hbond substituents is 2. The first kappa shape index (κ1) is 8.87. The zero-order valence-electron chi connectivity index (χ0n) is 6.95. The molecule has 0 atom stereocenters. The van der Waals surface area contributed by atoms with Gasteiger partial charge in [-0.3, -0.25) is 0 Å². The van der Waals surface area contributed by atoms with E-state index in [1.165, 1.54) is 6.07 Å². The lowest BCUT2D eigenvalue weighted by atomic mass is 10.1. The molecule has 0 aliphatic heterocycles. The molecule has 0 aliphatic rings. The minimum atomic E-state index is 0.0775. The average molecular weight is 168 g/mol. The summed E-state index contributed by atoms with van der Waals surface area (Å²) in [7, 11) is 1.61. The van der Waals surface area contributed by atoms with Crippen LogP contribution in [-0.2, 0) is 11.2 Å². The van der Waals surface area contributed by atoms with Gasteiger partial charge >= 0.3 is 0 Å². The van der Waals surface area contributed by atoms with Crippen molar-refractivity contribution in [3.05, 3.63) is 23.8 Å². The second-order valence-electron chi connectivity index (χ2n) is 2.56. The number of methoxy groups -OCH3 is 1. The van der Waals surface area contributed by atoms with Crippen LogP contribution in [0.3, 0.4) is 0 Å². The zero-order chi connectivity index (χ0) is 8.97. The average Bonchev–Trinajstić information content (AvgIpc) is 2.03. The molecule has 0 fully saturated rings. The minimum absolute atomic E-state index is 0.0775. The number of aromatic hydroxyl groups is 2. The van der Waals surface area contributed by atoms with Gasteiger partial charge in [0.05, 0.1) is 6.61 Å². The number of hydrogen-bond acceptors (Lipinski definition) is 3. The van der Waals surface area contributed by atoms with Gasteiger partial charge < -0.3 is 14.9 Å². The highest BCUT2D eigenvalue weighted by Crippen LogP contribution is 2.22. The van der Waals surface area contributed by atoms with E-state index >= 15 is 0 Å². The smallest absolute Gasteiger partial charge is 0.122 e. The monoisotopic (exact) mass is 168 g/mol. The first-order valence-corrected chi connectivity index (χ1v) is 3.74. The zero-order valence-corrected chi connectivity index (χ0v) is 6.95. The maximum absolute atomic E-state index is 9.30. The molecule has 0 aromatic heterocycles. The normalized spacial score (nSPS) is 10.1. The Morgan fingerprint density at radius 1 is 1.33 bits per heavy atom. The molecule has 12 heavy (non-hydrogen) atoms. The van der Waals surface area contributed by atoms with Crippen LogP contribution in [-0.4, -0.2) is 23.9 Å². The molecular weight excluding hydrogens is 156 g/mol. The van der Waals surface area contributed by atoms with Crippen molar-refractivity contribution in [3.8, 4) is 11.5 Å². The van der Waals surface area contributed by atoms with Crippen molar-refractivity contribution < 1.29 is 14.9 Å². The van der Waals surface area contributed by atoms with E-state index in [1.54, 1.807) is 19.2 Å². The fourth-order valence-electron chi connectivity index (χ4n) is 0.976. The third kappa shape index (κ3) is 2.13. The summed E-state index contributed by atoms with van der Waals surface area (Å²) in [5.74, 6) is 0.195. The lowest BCUT2D eigenvalue weighted by Crippen LogP contribution is -1.94. The Balaban J connectivity index is 2.72. The molecule has 3 nitrogen and oxygen atoms in total. The first-order chi connectivity index (χ1) is 5.74. The summed E-state index contributed by atoms with van der Waals surface area (Å²) in [5, 5.41) is 18.3. The highest BCUT2D eigenvalue weighted by Gasteiger charge is 2.00. The predicted molar refractivity (Wildman–Crippen MR) is 45.4 cm³/mol. The molecule has 0 saturated heterocycles. The number of benzene rings is 1. The molecule has 0 amide bonds. The lowest BCUT2D eigenvalue weighted by molar-refractivity contribution is 0.201. The van der Waals surface area contributed by atoms with Crippen LogP contribution in [0.5, 0.6) is 11.5 Å². The van der Waals surface area contributed by atoms with Crippen LogP contribution in [0.25, 0.3) is 0 Å². The van der Waals surface area contributed by atoms with Crippen molar-refractivity contribution in [2.24, 2.45) is 0 Å². The van der Waals surface area contributed by atoms with E-state index in [9.17, 15) is 5.11 Å². The van der Waals surface area contributed by atoms with Gasteiger partial charge in [0, 0.05) is 13.2 Å². The quantitative estimate of drug-likeness (QED) is 0.714. The summed E-state index contributed by atoms with van der Waals surface area (Å²) in [6.07, 6.45) is 0.655. The standard InChI is InChI=1S/C9H12O3/c1-12-5-4-7-2-3-8(10)6-9(7)11/h2-3,6,10-11H,4-5H2,1H3. The molecule has 2 N–H and O–H groups in total. The number of hydrogen-bond donors (Lipinski definition) is 2. The Bertz CT molecular complexity index is 258. The van der Waals surface area contributed by atoms with Gasteiger partial charge in [-0.1, -0.05) is 6.07 Å².